The molecule has 6 heteroatoms. The molecule has 0 aromatic heterocycles. The van der Waals surface area contributed by atoms with E-state index in [4.69, 9.17) is 25.8 Å². The minimum Gasteiger partial charge on any atom is -0.477 e. The fourth-order valence-electron chi connectivity index (χ4n) is 1.31. The highest BCUT2D eigenvalue weighted by Gasteiger charge is 2.02. The second-order valence-electron chi connectivity index (χ2n) is 4.03. The standard InChI is InChI=1S/C9H20O2.C5H2N2O2/c10-8-6-4-2-1-3-5-7-9-11;6-2-1-4(3-7)5(8)9/h10-11H,1-9H2;1H,(H,8,9). The Kier molecular flexibility index (Phi) is 17.5. The van der Waals surface area contributed by atoms with Gasteiger partial charge in [0.05, 0.1) is 6.07 Å². The molecule has 3 N–H and O–H groups in total. The minimum absolute atomic E-state index is 0.330. The summed E-state index contributed by atoms with van der Waals surface area (Å²) in [6.07, 6.45) is 8.57. The molecule has 0 unspecified atom stereocenters. The predicted molar refractivity (Wildman–Crippen MR) is 73.4 cm³/mol. The number of carboxylic acids is 1. The lowest BCUT2D eigenvalue weighted by Gasteiger charge is -1.98. The Balaban J connectivity index is 0. The number of aliphatic hydroxyl groups is 2. The van der Waals surface area contributed by atoms with Gasteiger partial charge in [0.2, 0.25) is 0 Å². The Morgan fingerprint density at radius 3 is 1.50 bits per heavy atom. The number of aliphatic hydroxyl groups excluding tert-OH is 2. The van der Waals surface area contributed by atoms with Crippen molar-refractivity contribution in [1.82, 2.24) is 0 Å². The fraction of sp³-hybridized carbons (Fsp3) is 0.643. The molecule has 20 heavy (non-hydrogen) atoms. The Morgan fingerprint density at radius 2 is 1.30 bits per heavy atom. The van der Waals surface area contributed by atoms with Crippen LogP contribution in [0.2, 0.25) is 0 Å². The van der Waals surface area contributed by atoms with E-state index in [9.17, 15) is 4.79 Å². The van der Waals surface area contributed by atoms with E-state index in [1.807, 2.05) is 0 Å². The van der Waals surface area contributed by atoms with Gasteiger partial charge in [-0.15, -0.1) is 0 Å². The topological polar surface area (TPSA) is 125 Å². The van der Waals surface area contributed by atoms with Gasteiger partial charge in [-0.1, -0.05) is 32.1 Å². The highest BCUT2D eigenvalue weighted by molar-refractivity contribution is 5.91. The fourth-order valence-corrected chi connectivity index (χ4v) is 1.31. The maximum atomic E-state index is 9.88. The highest BCUT2D eigenvalue weighted by Crippen LogP contribution is 2.06. The number of unbranched alkanes of at least 4 members (excludes halogenated alkanes) is 6. The summed E-state index contributed by atoms with van der Waals surface area (Å²) in [4.78, 5) is 9.88. The molecule has 0 spiro atoms. The van der Waals surface area contributed by atoms with Crippen LogP contribution in [0.3, 0.4) is 0 Å². The molecular formula is C14H22N2O4. The summed E-state index contributed by atoms with van der Waals surface area (Å²) in [5.41, 5.74) is -0.544. The van der Waals surface area contributed by atoms with E-state index in [0.717, 1.165) is 25.7 Å². The molecule has 0 bridgehead atoms. The van der Waals surface area contributed by atoms with Gasteiger partial charge in [0, 0.05) is 19.3 Å². The van der Waals surface area contributed by atoms with Gasteiger partial charge in [-0.3, -0.25) is 0 Å². The average molecular weight is 282 g/mol. The van der Waals surface area contributed by atoms with Gasteiger partial charge in [0.25, 0.3) is 0 Å². The van der Waals surface area contributed by atoms with Gasteiger partial charge in [-0.2, -0.15) is 10.5 Å². The van der Waals surface area contributed by atoms with Crippen molar-refractivity contribution < 1.29 is 20.1 Å². The number of hydrogen-bond acceptors (Lipinski definition) is 5. The maximum Gasteiger partial charge on any atom is 0.347 e. The first-order valence-electron chi connectivity index (χ1n) is 6.58. The van der Waals surface area contributed by atoms with Gasteiger partial charge in [-0.05, 0) is 12.8 Å². The van der Waals surface area contributed by atoms with Crippen LogP contribution in [0.1, 0.15) is 44.9 Å². The van der Waals surface area contributed by atoms with Crippen LogP contribution in [0, 0.1) is 22.7 Å². The third kappa shape index (κ3) is 16.1. The summed E-state index contributed by atoms with van der Waals surface area (Å²) < 4.78 is 0. The molecule has 0 amide bonds. The zero-order chi connectivity index (χ0) is 15.6. The van der Waals surface area contributed by atoms with Crippen LogP contribution in [0.25, 0.3) is 0 Å². The molecule has 0 radical (unpaired) electrons. The molecule has 0 aromatic carbocycles. The number of allylic oxidation sites excluding steroid dienone is 1. The number of rotatable bonds is 9. The zero-order valence-corrected chi connectivity index (χ0v) is 11.6. The summed E-state index contributed by atoms with van der Waals surface area (Å²) in [6, 6.07) is 2.78. The molecule has 0 atom stereocenters. The summed E-state index contributed by atoms with van der Waals surface area (Å²) in [5.74, 6) is -1.38. The van der Waals surface area contributed by atoms with Crippen molar-refractivity contribution in [2.45, 2.75) is 44.9 Å². The smallest absolute Gasteiger partial charge is 0.347 e. The van der Waals surface area contributed by atoms with Crippen molar-refractivity contribution in [3.63, 3.8) is 0 Å². The zero-order valence-electron chi connectivity index (χ0n) is 11.6. The third-order valence-electron chi connectivity index (χ3n) is 2.38. The SMILES string of the molecule is N#CC=C(C#N)C(=O)O.OCCCCCCCCCO. The lowest BCUT2D eigenvalue weighted by Crippen LogP contribution is -1.96. The van der Waals surface area contributed by atoms with E-state index in [1.54, 1.807) is 0 Å². The van der Waals surface area contributed by atoms with E-state index in [1.165, 1.54) is 31.4 Å². The van der Waals surface area contributed by atoms with Crippen LogP contribution in [0.5, 0.6) is 0 Å². The molecule has 0 aromatic rings. The third-order valence-corrected chi connectivity index (χ3v) is 2.38. The van der Waals surface area contributed by atoms with Crippen LogP contribution >= 0.6 is 0 Å². The molecule has 0 saturated carbocycles. The van der Waals surface area contributed by atoms with Crippen molar-refractivity contribution >= 4 is 5.97 Å². The van der Waals surface area contributed by atoms with E-state index >= 15 is 0 Å². The normalized spacial score (nSPS) is 9.90. The first kappa shape index (κ1) is 20.4. The number of hydrogen-bond donors (Lipinski definition) is 3. The van der Waals surface area contributed by atoms with E-state index in [2.05, 4.69) is 0 Å². The van der Waals surface area contributed by atoms with Gasteiger partial charge in [0.15, 0.2) is 0 Å². The van der Waals surface area contributed by atoms with Crippen molar-refractivity contribution in [3.8, 4) is 12.1 Å². The summed E-state index contributed by atoms with van der Waals surface area (Å²) in [6.45, 7) is 0.660. The van der Waals surface area contributed by atoms with Crippen LogP contribution in [-0.2, 0) is 4.79 Å². The molecule has 0 heterocycles. The van der Waals surface area contributed by atoms with Crippen LogP contribution < -0.4 is 0 Å². The molecule has 0 aliphatic carbocycles. The minimum atomic E-state index is -1.38. The van der Waals surface area contributed by atoms with Crippen molar-refractivity contribution in [2.75, 3.05) is 13.2 Å². The second-order valence-corrected chi connectivity index (χ2v) is 4.03. The molecule has 0 fully saturated rings. The molecule has 0 rings (SSSR count). The molecule has 0 aliphatic heterocycles. The second kappa shape index (κ2) is 17.1. The molecule has 112 valence electrons. The number of carboxylic acid groups (broad SMARTS) is 1. The Hall–Kier alpha value is -1.89. The largest absolute Gasteiger partial charge is 0.477 e. The van der Waals surface area contributed by atoms with Crippen molar-refractivity contribution in [2.24, 2.45) is 0 Å². The first-order valence-corrected chi connectivity index (χ1v) is 6.58. The van der Waals surface area contributed by atoms with Gasteiger partial charge in [-0.25, -0.2) is 4.79 Å². The number of nitrogens with zero attached hydrogens (tertiary/aromatic N) is 2. The lowest BCUT2D eigenvalue weighted by molar-refractivity contribution is -0.132. The van der Waals surface area contributed by atoms with Gasteiger partial charge >= 0.3 is 5.97 Å². The van der Waals surface area contributed by atoms with E-state index in [-0.39, 0.29) is 0 Å². The first-order chi connectivity index (χ1) is 9.63. The summed E-state index contributed by atoms with van der Waals surface area (Å²) in [5, 5.41) is 40.9. The van der Waals surface area contributed by atoms with Crippen LogP contribution in [0.4, 0.5) is 0 Å². The van der Waals surface area contributed by atoms with Crippen LogP contribution in [0.15, 0.2) is 11.6 Å². The predicted octanol–water partition coefficient (Wildman–Crippen LogP) is 1.75. The van der Waals surface area contributed by atoms with Crippen molar-refractivity contribution in [1.29, 1.82) is 10.5 Å². The summed E-state index contributed by atoms with van der Waals surface area (Å²) >= 11 is 0. The van der Waals surface area contributed by atoms with Gasteiger partial charge < -0.3 is 15.3 Å². The Bertz CT molecular complexity index is 345. The van der Waals surface area contributed by atoms with E-state index in [0.29, 0.717) is 19.3 Å². The van der Waals surface area contributed by atoms with Gasteiger partial charge in [0.1, 0.15) is 11.6 Å². The molecular weight excluding hydrogens is 260 g/mol. The molecule has 0 aliphatic rings. The maximum absolute atomic E-state index is 9.88. The average Bonchev–Trinajstić information content (AvgIpc) is 2.44. The Labute approximate surface area is 119 Å². The van der Waals surface area contributed by atoms with Crippen molar-refractivity contribution in [3.05, 3.63) is 11.6 Å². The number of nitriles is 2. The monoisotopic (exact) mass is 282 g/mol. The highest BCUT2D eigenvalue weighted by atomic mass is 16.4. The number of carbonyl (C=O) groups is 1. The molecule has 0 saturated heterocycles. The lowest BCUT2D eigenvalue weighted by atomic mass is 10.1. The number of aliphatic carboxylic acids is 1. The molecule has 6 nitrogen and oxygen atoms in total. The van der Waals surface area contributed by atoms with Crippen LogP contribution in [-0.4, -0.2) is 34.5 Å². The quantitative estimate of drug-likeness (QED) is 0.336. The van der Waals surface area contributed by atoms with E-state index < -0.39 is 11.5 Å². The summed E-state index contributed by atoms with van der Waals surface area (Å²) in [7, 11) is 0. The Morgan fingerprint density at radius 1 is 0.900 bits per heavy atom.